The molecule has 0 unspecified atom stereocenters. The molecule has 8 heterocycles. The number of pyridine rings is 3. The monoisotopic (exact) mass is 1660 g/mol. The first kappa shape index (κ1) is 82.0. The highest BCUT2D eigenvalue weighted by Crippen LogP contribution is 2.41. The SMILES string of the molecule is C1COCCN1.Clc1ccc([C@@H]2CN(Cc3ccc(Br)nc3)CCN2c2ccc(Cl)cc2Cl)cc1.Clc1ccc([C@@H]2CN(Cc3ccc(N4CCOCC4)nc3)CCN2c2ccc(Cl)cc2Cl)cc1.NCCO.OCCNc1ccc(CN2CCN(c3ccc(Cl)cc3Cl)[C@H](c3ccc(Cl)cc3)C2)cn1. The predicted octanol–water partition coefficient (Wildman–Crippen LogP) is 16.9. The van der Waals surface area contributed by atoms with Crippen LogP contribution in [0.2, 0.25) is 45.2 Å². The van der Waals surface area contributed by atoms with Crippen molar-refractivity contribution in [3.05, 3.63) is 266 Å². The van der Waals surface area contributed by atoms with Crippen LogP contribution in [0.15, 0.2) is 187 Å². The van der Waals surface area contributed by atoms with Crippen molar-refractivity contribution in [3.63, 3.8) is 0 Å². The number of piperazine rings is 3. The fourth-order valence-electron chi connectivity index (χ4n) is 13.0. The summed E-state index contributed by atoms with van der Waals surface area (Å²) in [7, 11) is 0. The fourth-order valence-corrected chi connectivity index (χ4v) is 15.1. The van der Waals surface area contributed by atoms with Crippen molar-refractivity contribution in [3.8, 4) is 0 Å². The quantitative estimate of drug-likeness (QED) is 0.0545. The van der Waals surface area contributed by atoms with Crippen LogP contribution in [0.1, 0.15) is 51.5 Å². The van der Waals surface area contributed by atoms with E-state index in [2.05, 4.69) is 131 Å². The second-order valence-electron chi connectivity index (χ2n) is 25.5. The molecule has 5 aliphatic heterocycles. The van der Waals surface area contributed by atoms with Gasteiger partial charge in [0.05, 0.1) is 89.9 Å². The van der Waals surface area contributed by atoms with Crippen LogP contribution in [0.3, 0.4) is 0 Å². The van der Waals surface area contributed by atoms with Gasteiger partial charge >= 0.3 is 0 Å². The average molecular weight is 1670 g/mol. The molecule has 6 N–H and O–H groups in total. The van der Waals surface area contributed by atoms with Gasteiger partial charge in [0.25, 0.3) is 0 Å². The maximum atomic E-state index is 8.94. The Morgan fingerprint density at radius 3 is 1.11 bits per heavy atom. The average Bonchev–Trinajstić information content (AvgIpc) is 0.801. The third-order valence-corrected chi connectivity index (χ3v) is 21.0. The molecule has 27 heteroatoms. The molecule has 5 aliphatic rings. The van der Waals surface area contributed by atoms with E-state index in [0.29, 0.717) is 43.2 Å². The number of nitrogens with one attached hydrogen (secondary N) is 2. The van der Waals surface area contributed by atoms with E-state index < -0.39 is 0 Å². The van der Waals surface area contributed by atoms with Crippen LogP contribution in [0.25, 0.3) is 0 Å². The highest BCUT2D eigenvalue weighted by Gasteiger charge is 2.33. The number of rotatable bonds is 17. The van der Waals surface area contributed by atoms with E-state index in [4.69, 9.17) is 135 Å². The van der Waals surface area contributed by atoms with E-state index in [1.54, 1.807) is 12.1 Å². The van der Waals surface area contributed by atoms with E-state index in [-0.39, 0.29) is 31.3 Å². The molecule has 5 fully saturated rings. The first-order chi connectivity index (χ1) is 51.0. The van der Waals surface area contributed by atoms with E-state index in [0.717, 1.165) is 185 Å². The van der Waals surface area contributed by atoms with Gasteiger partial charge in [0, 0.05) is 167 Å². The third kappa shape index (κ3) is 25.0. The van der Waals surface area contributed by atoms with Crippen molar-refractivity contribution in [2.45, 2.75) is 37.8 Å². The summed E-state index contributed by atoms with van der Waals surface area (Å²) >= 11 is 60.0. The molecule has 3 atom stereocenters. The Bertz CT molecular complexity index is 4080. The lowest BCUT2D eigenvalue weighted by atomic mass is 10.0. The van der Waals surface area contributed by atoms with Crippen LogP contribution in [-0.4, -0.2) is 178 Å². The van der Waals surface area contributed by atoms with Crippen LogP contribution in [0.4, 0.5) is 28.7 Å². The minimum atomic E-state index is 0.0808. The second kappa shape index (κ2) is 42.5. The number of ether oxygens (including phenoxy) is 2. The van der Waals surface area contributed by atoms with Crippen molar-refractivity contribution >= 4 is 149 Å². The number of hydrogen-bond donors (Lipinski definition) is 5. The molecule has 9 aromatic rings. The van der Waals surface area contributed by atoms with Gasteiger partial charge in [0.2, 0.25) is 0 Å². The second-order valence-corrected chi connectivity index (χ2v) is 30.1. The van der Waals surface area contributed by atoms with Gasteiger partial charge in [-0.25, -0.2) is 15.0 Å². The molecule has 5 saturated heterocycles. The van der Waals surface area contributed by atoms with Gasteiger partial charge in [-0.1, -0.05) is 159 Å². The molecule has 0 amide bonds. The van der Waals surface area contributed by atoms with E-state index in [9.17, 15) is 0 Å². The van der Waals surface area contributed by atoms with Gasteiger partial charge in [0.1, 0.15) is 16.2 Å². The van der Waals surface area contributed by atoms with E-state index in [1.807, 2.05) is 110 Å². The molecule has 0 aliphatic carbocycles. The lowest BCUT2D eigenvalue weighted by Crippen LogP contribution is -2.48. The van der Waals surface area contributed by atoms with Crippen LogP contribution < -0.4 is 36.0 Å². The summed E-state index contributed by atoms with van der Waals surface area (Å²) in [5, 5.41) is 29.0. The summed E-state index contributed by atoms with van der Waals surface area (Å²) in [6, 6.07) is 54.1. The first-order valence-electron chi connectivity index (χ1n) is 34.9. The Morgan fingerprint density at radius 1 is 0.429 bits per heavy atom. The molecule has 0 saturated carbocycles. The van der Waals surface area contributed by atoms with Crippen molar-refractivity contribution in [2.24, 2.45) is 5.73 Å². The van der Waals surface area contributed by atoms with Crippen molar-refractivity contribution < 1.29 is 19.7 Å². The van der Waals surface area contributed by atoms with Gasteiger partial charge in [-0.3, -0.25) is 14.7 Å². The number of aliphatic hydroxyl groups is 2. The standard InChI is InChI=1S/C26H27Cl3N4O.C24H25Cl3N4O.C22H19BrCl3N3.C4H9NO.C2H7NO/c27-21-4-2-20(3-5-21)25-18-31(9-10-33(25)24-7-6-22(28)15-23(24)29)17-19-1-8-26(30-16-19)32-11-13-34-14-12-32;25-19-4-2-18(3-5-19)23-16-30(15-17-1-8-24(29-14-17)28-9-12-32)10-11-31(23)22-7-6-20(26)13-21(22)27;23-22-8-1-15(12-27-22)13-28-9-10-29(20-7-6-18(25)11-19(20)26)21(14-28)16-2-4-17(24)5-3-16;1-3-6-4-2-5-1;3-1-2-4/h1-8,15-16,25H,9-14,17-18H2;1-8,13-14,23,32H,9-12,15-16H2,(H,28,29);1-8,11-12,21H,9-10,13-14H2;5H,1-4H2;4H,1-3H2/t25-;23-;21-;;/m000../s1. The molecule has 105 heavy (non-hydrogen) atoms. The lowest BCUT2D eigenvalue weighted by molar-refractivity contribution is 0.109. The Kier molecular flexibility index (Phi) is 33.2. The molecule has 0 radical (unpaired) electrons. The van der Waals surface area contributed by atoms with Crippen molar-refractivity contribution in [1.29, 1.82) is 0 Å². The number of anilines is 5. The molecule has 0 bridgehead atoms. The van der Waals surface area contributed by atoms with Crippen LogP contribution in [0.5, 0.6) is 0 Å². The Labute approximate surface area is 670 Å². The fraction of sp³-hybridized carbons (Fsp3) is 0.346. The number of aliphatic hydroxyl groups excluding tert-OH is 2. The van der Waals surface area contributed by atoms with Gasteiger partial charge in [-0.15, -0.1) is 0 Å². The number of hydrogen-bond acceptors (Lipinski definition) is 17. The van der Waals surface area contributed by atoms with E-state index in [1.165, 1.54) is 27.8 Å². The summed E-state index contributed by atoms with van der Waals surface area (Å²) in [6.07, 6.45) is 5.81. The van der Waals surface area contributed by atoms with Gasteiger partial charge in [-0.2, -0.15) is 0 Å². The maximum absolute atomic E-state index is 8.94. The Hall–Kier alpha value is -5.50. The number of halogens is 10. The largest absolute Gasteiger partial charge is 0.395 e. The summed E-state index contributed by atoms with van der Waals surface area (Å²) < 4.78 is 11.3. The van der Waals surface area contributed by atoms with Crippen LogP contribution >= 0.6 is 120 Å². The van der Waals surface area contributed by atoms with Crippen LogP contribution in [-0.2, 0) is 29.1 Å². The highest BCUT2D eigenvalue weighted by atomic mass is 79.9. The first-order valence-corrected chi connectivity index (χ1v) is 39.1. The minimum absolute atomic E-state index is 0.0808. The number of morpholine rings is 2. The van der Waals surface area contributed by atoms with Crippen LogP contribution in [0, 0.1) is 0 Å². The van der Waals surface area contributed by atoms with Gasteiger partial charge < -0.3 is 55.7 Å². The molecule has 14 rings (SSSR count). The number of nitrogens with zero attached hydrogens (tertiary/aromatic N) is 10. The van der Waals surface area contributed by atoms with Crippen molar-refractivity contribution in [2.75, 3.05) is 163 Å². The molecular formula is C78H87BrCl9N13O4. The zero-order valence-corrected chi connectivity index (χ0v) is 66.5. The number of benzene rings is 6. The number of aromatic nitrogens is 3. The maximum Gasteiger partial charge on any atom is 0.128 e. The van der Waals surface area contributed by atoms with Gasteiger partial charge in [-0.05, 0) is 159 Å². The third-order valence-electron chi connectivity index (χ3n) is 18.2. The molecular weight excluding hydrogens is 1580 g/mol. The minimum Gasteiger partial charge on any atom is -0.395 e. The topological polar surface area (TPSA) is 170 Å². The normalized spacial score (nSPS) is 17.9. The summed E-state index contributed by atoms with van der Waals surface area (Å²) in [5.41, 5.74) is 14.9. The molecule has 17 nitrogen and oxygen atoms in total. The van der Waals surface area contributed by atoms with Crippen molar-refractivity contribution in [1.82, 2.24) is 35.0 Å². The highest BCUT2D eigenvalue weighted by molar-refractivity contribution is 9.10. The molecule has 558 valence electrons. The molecule has 0 spiro atoms. The zero-order chi connectivity index (χ0) is 74.0. The summed E-state index contributed by atoms with van der Waals surface area (Å²) in [6.45, 7) is 18.6. The zero-order valence-electron chi connectivity index (χ0n) is 58.1. The number of nitrogens with two attached hydrogens (primary N) is 1. The lowest BCUT2D eigenvalue weighted by Gasteiger charge is -2.43. The van der Waals surface area contributed by atoms with Gasteiger partial charge in [0.15, 0.2) is 0 Å². The molecule has 3 aromatic heterocycles. The Balaban J connectivity index is 0.000000158. The summed E-state index contributed by atoms with van der Waals surface area (Å²) in [5.74, 6) is 1.79. The Morgan fingerprint density at radius 2 is 0.800 bits per heavy atom. The van der Waals surface area contributed by atoms with E-state index >= 15 is 0 Å². The molecule has 6 aromatic carbocycles. The predicted molar refractivity (Wildman–Crippen MR) is 439 cm³/mol. The smallest absolute Gasteiger partial charge is 0.128 e. The summed E-state index contributed by atoms with van der Waals surface area (Å²) in [4.78, 5) is 30.2.